The van der Waals surface area contributed by atoms with E-state index in [1.807, 2.05) is 0 Å². The van der Waals surface area contributed by atoms with Crippen LogP contribution in [0.15, 0.2) is 36.4 Å². The van der Waals surface area contributed by atoms with Gasteiger partial charge in [0.25, 0.3) is 0 Å². The van der Waals surface area contributed by atoms with Crippen LogP contribution in [0.5, 0.6) is 0 Å². The Labute approximate surface area is 218 Å². The van der Waals surface area contributed by atoms with Gasteiger partial charge in [0, 0.05) is 24.7 Å². The number of amides is 1. The summed E-state index contributed by atoms with van der Waals surface area (Å²) in [6.07, 6.45) is -4.12. The Morgan fingerprint density at radius 3 is 2.00 bits per heavy atom. The number of carbonyl (C=O) groups is 1. The molecule has 2 atom stereocenters. The molecule has 1 aromatic heterocycles. The summed E-state index contributed by atoms with van der Waals surface area (Å²) in [6.45, 7) is -4.03. The molecule has 0 radical (unpaired) electrons. The Morgan fingerprint density at radius 2 is 1.54 bits per heavy atom. The maximum atomic E-state index is 14.6. The zero-order chi connectivity index (χ0) is 28.8. The molecule has 1 amide bonds. The third-order valence-corrected chi connectivity index (χ3v) is 7.34. The number of halogens is 9. The Hall–Kier alpha value is -2.99. The maximum absolute atomic E-state index is 14.6. The topological polar surface area (TPSA) is 45.2 Å². The fourth-order valence-electron chi connectivity index (χ4n) is 4.71. The first-order chi connectivity index (χ1) is 18.1. The molecular formula is C26H26F9N3O. The highest BCUT2D eigenvalue weighted by atomic mass is 19.4. The summed E-state index contributed by atoms with van der Waals surface area (Å²) in [5.41, 5.74) is -6.05. The van der Waals surface area contributed by atoms with Gasteiger partial charge in [-0.25, -0.2) is 13.8 Å². The van der Waals surface area contributed by atoms with E-state index in [0.717, 1.165) is 12.8 Å². The fourth-order valence-corrected chi connectivity index (χ4v) is 4.71. The first kappa shape index (κ1) is 29.0. The fraction of sp³-hybridized carbons (Fsp3) is 0.538. The normalized spacial score (nSPS) is 21.2. The predicted molar refractivity (Wildman–Crippen MR) is 124 cm³/mol. The van der Waals surface area contributed by atoms with Crippen LogP contribution in [0.1, 0.15) is 54.7 Å². The molecule has 1 aliphatic carbocycles. The lowest BCUT2D eigenvalue weighted by Gasteiger charge is -2.34. The lowest BCUT2D eigenvalue weighted by molar-refractivity contribution is -0.184. The number of aromatic nitrogens is 1. The molecule has 13 heteroatoms. The van der Waals surface area contributed by atoms with Gasteiger partial charge in [-0.05, 0) is 61.6 Å². The highest BCUT2D eigenvalue weighted by Crippen LogP contribution is 2.50. The van der Waals surface area contributed by atoms with Gasteiger partial charge in [0.05, 0.1) is 6.04 Å². The van der Waals surface area contributed by atoms with E-state index in [2.05, 4.69) is 10.3 Å². The monoisotopic (exact) mass is 567 g/mol. The summed E-state index contributed by atoms with van der Waals surface area (Å²) in [6, 6.07) is 6.56. The summed E-state index contributed by atoms with van der Waals surface area (Å²) < 4.78 is 126. The number of benzene rings is 1. The van der Waals surface area contributed by atoms with E-state index < -0.39 is 66.7 Å². The van der Waals surface area contributed by atoms with Gasteiger partial charge < -0.3 is 10.2 Å². The Balaban J connectivity index is 1.67. The third-order valence-electron chi connectivity index (χ3n) is 7.34. The lowest BCUT2D eigenvalue weighted by atomic mass is 9.78. The second-order valence-corrected chi connectivity index (χ2v) is 10.1. The highest BCUT2D eigenvalue weighted by Gasteiger charge is 2.60. The number of hydrogen-bond acceptors (Lipinski definition) is 3. The van der Waals surface area contributed by atoms with Crippen LogP contribution in [-0.4, -0.2) is 43.5 Å². The van der Waals surface area contributed by atoms with E-state index in [9.17, 15) is 44.3 Å². The molecule has 2 heterocycles. The van der Waals surface area contributed by atoms with Crippen molar-refractivity contribution in [2.24, 2.45) is 5.92 Å². The van der Waals surface area contributed by atoms with Crippen LogP contribution >= 0.6 is 0 Å². The molecule has 1 aliphatic heterocycles. The molecule has 1 aromatic carbocycles. The van der Waals surface area contributed by atoms with Crippen molar-refractivity contribution in [2.75, 3.05) is 31.3 Å². The van der Waals surface area contributed by atoms with Gasteiger partial charge in [-0.3, -0.25) is 4.79 Å². The number of alkyl halides is 9. The molecule has 2 fully saturated rings. The van der Waals surface area contributed by atoms with Crippen LogP contribution in [0.4, 0.5) is 45.2 Å². The van der Waals surface area contributed by atoms with Crippen molar-refractivity contribution in [1.82, 2.24) is 10.3 Å². The minimum absolute atomic E-state index is 0.00394. The molecule has 2 aliphatic rings. The van der Waals surface area contributed by atoms with Crippen molar-refractivity contribution in [3.63, 3.8) is 0 Å². The first-order valence-electron chi connectivity index (χ1n) is 12.3. The largest absolute Gasteiger partial charge is 0.400 e. The smallest absolute Gasteiger partial charge is 0.370 e. The van der Waals surface area contributed by atoms with E-state index >= 15 is 0 Å². The molecule has 4 rings (SSSR count). The number of nitrogens with one attached hydrogen (secondary N) is 1. The van der Waals surface area contributed by atoms with Gasteiger partial charge in [0.15, 0.2) is 13.3 Å². The standard InChI is InChI=1S/C26H26F9N3O/c1-15(36-22(39)17-2-3-17)16-4-6-19(7-5-16)38-9-8-23(14-38,26(33,34)35)18-10-20(24(29,30)12-27)37-21(11-18)25(31,32)13-28/h4-7,10-11,15,17H,2-3,8-9,12-14H2,1H3,(H,36,39)/t15-,23?/m0/s1. The van der Waals surface area contributed by atoms with Crippen LogP contribution in [0.2, 0.25) is 0 Å². The van der Waals surface area contributed by atoms with E-state index in [0.29, 0.717) is 11.3 Å². The molecule has 0 spiro atoms. The first-order valence-corrected chi connectivity index (χ1v) is 12.3. The number of hydrogen-bond donors (Lipinski definition) is 1. The molecule has 1 unspecified atom stereocenters. The van der Waals surface area contributed by atoms with Gasteiger partial charge in [-0.2, -0.15) is 30.7 Å². The SMILES string of the molecule is C[C@H](NC(=O)C1CC1)c1ccc(N2CCC(c3cc(C(F)(F)CF)nc(C(F)(F)CF)c3)(C(F)(F)F)C2)cc1. The summed E-state index contributed by atoms with van der Waals surface area (Å²) >= 11 is 0. The van der Waals surface area contributed by atoms with Crippen molar-refractivity contribution in [1.29, 1.82) is 0 Å². The van der Waals surface area contributed by atoms with E-state index in [-0.39, 0.29) is 36.5 Å². The Bertz CT molecular complexity index is 1160. The highest BCUT2D eigenvalue weighted by molar-refractivity contribution is 5.81. The molecule has 1 N–H and O–H groups in total. The number of rotatable bonds is 9. The molecule has 214 valence electrons. The van der Waals surface area contributed by atoms with Gasteiger partial charge in [-0.1, -0.05) is 12.1 Å². The van der Waals surface area contributed by atoms with Crippen molar-refractivity contribution >= 4 is 11.6 Å². The van der Waals surface area contributed by atoms with Crippen molar-refractivity contribution in [3.8, 4) is 0 Å². The maximum Gasteiger partial charge on any atom is 0.400 e. The second-order valence-electron chi connectivity index (χ2n) is 10.1. The lowest BCUT2D eigenvalue weighted by Crippen LogP contribution is -2.45. The summed E-state index contributed by atoms with van der Waals surface area (Å²) in [5, 5.41) is 2.86. The minimum atomic E-state index is -5.09. The van der Waals surface area contributed by atoms with E-state index in [1.54, 1.807) is 31.2 Å². The van der Waals surface area contributed by atoms with Gasteiger partial charge in [-0.15, -0.1) is 0 Å². The Kier molecular flexibility index (Phi) is 7.59. The average molecular weight is 567 g/mol. The van der Waals surface area contributed by atoms with Crippen molar-refractivity contribution < 1.29 is 44.3 Å². The molecule has 39 heavy (non-hydrogen) atoms. The van der Waals surface area contributed by atoms with Crippen LogP contribution in [-0.2, 0) is 22.1 Å². The summed E-state index contributed by atoms with van der Waals surface area (Å²) in [7, 11) is 0. The van der Waals surface area contributed by atoms with Gasteiger partial charge >= 0.3 is 18.0 Å². The van der Waals surface area contributed by atoms with Crippen LogP contribution in [0, 0.1) is 5.92 Å². The third kappa shape index (κ3) is 5.67. The van der Waals surface area contributed by atoms with Crippen molar-refractivity contribution in [3.05, 3.63) is 58.9 Å². The van der Waals surface area contributed by atoms with Gasteiger partial charge in [0.1, 0.15) is 16.8 Å². The number of anilines is 1. The quantitative estimate of drug-likeness (QED) is 0.352. The number of pyridine rings is 1. The molecule has 1 saturated carbocycles. The summed E-state index contributed by atoms with van der Waals surface area (Å²) in [4.78, 5) is 16.3. The predicted octanol–water partition coefficient (Wildman–Crippen LogP) is 6.50. The summed E-state index contributed by atoms with van der Waals surface area (Å²) in [5.74, 6) is -8.99. The number of carbonyl (C=O) groups excluding carboxylic acids is 1. The molecule has 2 aromatic rings. The zero-order valence-electron chi connectivity index (χ0n) is 20.8. The Morgan fingerprint density at radius 1 is 1.00 bits per heavy atom. The average Bonchev–Trinajstić information content (AvgIpc) is 3.65. The minimum Gasteiger partial charge on any atom is -0.370 e. The van der Waals surface area contributed by atoms with Crippen LogP contribution < -0.4 is 10.2 Å². The molecule has 1 saturated heterocycles. The van der Waals surface area contributed by atoms with Crippen LogP contribution in [0.25, 0.3) is 0 Å². The second kappa shape index (κ2) is 10.2. The molecular weight excluding hydrogens is 541 g/mol. The molecule has 0 bridgehead atoms. The zero-order valence-corrected chi connectivity index (χ0v) is 20.8. The van der Waals surface area contributed by atoms with E-state index in [4.69, 9.17) is 0 Å². The van der Waals surface area contributed by atoms with Gasteiger partial charge in [0.2, 0.25) is 5.91 Å². The van der Waals surface area contributed by atoms with Crippen molar-refractivity contribution in [2.45, 2.75) is 55.7 Å². The van der Waals surface area contributed by atoms with Crippen LogP contribution in [0.3, 0.4) is 0 Å². The molecule has 4 nitrogen and oxygen atoms in total. The number of nitrogens with zero attached hydrogens (tertiary/aromatic N) is 2. The van der Waals surface area contributed by atoms with E-state index in [1.165, 1.54) is 4.90 Å².